The summed E-state index contributed by atoms with van der Waals surface area (Å²) in [5.74, 6) is -1.33. The lowest BCUT2D eigenvalue weighted by molar-refractivity contribution is -0.156. The number of hydrogen-bond donors (Lipinski definition) is 0. The quantitative estimate of drug-likeness (QED) is 0.499. The number of hydrogen-bond acceptors (Lipinski definition) is 6. The molecule has 2 aliphatic rings. The molecule has 2 atom stereocenters. The van der Waals surface area contributed by atoms with Gasteiger partial charge in [0.2, 0.25) is 11.8 Å². The molecule has 2 amide bonds. The highest BCUT2D eigenvalue weighted by Gasteiger charge is 2.37. The molecule has 2 heterocycles. The third-order valence-electron chi connectivity index (χ3n) is 6.69. The Kier molecular flexibility index (Phi) is 8.71. The van der Waals surface area contributed by atoms with E-state index in [0.29, 0.717) is 38.8 Å². The molecule has 2 fully saturated rings. The highest BCUT2D eigenvalue weighted by atomic mass is 16.5. The molecule has 4 rings (SSSR count). The number of carbonyl (C=O) groups excluding carboxylic acids is 4. The average Bonchev–Trinajstić information content (AvgIpc) is 3.60. The van der Waals surface area contributed by atoms with Crippen LogP contribution < -0.4 is 0 Å². The second-order valence-corrected chi connectivity index (χ2v) is 9.18. The molecule has 0 saturated carbocycles. The van der Waals surface area contributed by atoms with Gasteiger partial charge in [-0.1, -0.05) is 60.7 Å². The summed E-state index contributed by atoms with van der Waals surface area (Å²) < 4.78 is 10.9. The molecule has 0 aliphatic carbocycles. The van der Waals surface area contributed by atoms with Crippen molar-refractivity contribution in [2.75, 3.05) is 13.1 Å². The first-order chi connectivity index (χ1) is 17.5. The first-order valence-corrected chi connectivity index (χ1v) is 12.5. The number of esters is 2. The minimum Gasteiger partial charge on any atom is -0.459 e. The lowest BCUT2D eigenvalue weighted by Gasteiger charge is -2.25. The third kappa shape index (κ3) is 6.50. The fourth-order valence-corrected chi connectivity index (χ4v) is 4.77. The van der Waals surface area contributed by atoms with Gasteiger partial charge in [0.15, 0.2) is 0 Å². The van der Waals surface area contributed by atoms with Crippen LogP contribution >= 0.6 is 0 Å². The molecule has 0 radical (unpaired) electrons. The van der Waals surface area contributed by atoms with Crippen LogP contribution in [0.15, 0.2) is 60.7 Å². The van der Waals surface area contributed by atoms with Crippen molar-refractivity contribution in [1.82, 2.24) is 9.80 Å². The maximum Gasteiger partial charge on any atom is 0.329 e. The Morgan fingerprint density at radius 1 is 0.639 bits per heavy atom. The summed E-state index contributed by atoms with van der Waals surface area (Å²) in [5.41, 5.74) is 1.77. The standard InChI is InChI=1S/C28H32N2O6/c31-25(29-17-7-13-23(29)27(33)35-19-21-9-3-1-4-10-21)15-16-26(32)30-18-8-14-24(30)28(34)36-20-22-11-5-2-6-12-22/h1-6,9-12,23-24H,7-8,13-20H2. The Morgan fingerprint density at radius 3 is 1.42 bits per heavy atom. The summed E-state index contributed by atoms with van der Waals surface area (Å²) in [6, 6.07) is 17.5. The van der Waals surface area contributed by atoms with Gasteiger partial charge in [-0.15, -0.1) is 0 Å². The minimum atomic E-state index is -0.621. The molecule has 2 aliphatic heterocycles. The molecule has 190 valence electrons. The van der Waals surface area contributed by atoms with E-state index in [0.717, 1.165) is 11.1 Å². The van der Waals surface area contributed by atoms with E-state index in [-0.39, 0.29) is 37.9 Å². The second-order valence-electron chi connectivity index (χ2n) is 9.18. The summed E-state index contributed by atoms with van der Waals surface area (Å²) in [7, 11) is 0. The lowest BCUT2D eigenvalue weighted by Crippen LogP contribution is -2.43. The Hall–Kier alpha value is -3.68. The predicted octanol–water partition coefficient (Wildman–Crippen LogP) is 3.24. The SMILES string of the molecule is O=C(OCc1ccccc1)C1CCCN1C(=O)CCC(=O)N1CCCC1C(=O)OCc1ccccc1. The van der Waals surface area contributed by atoms with E-state index >= 15 is 0 Å². The van der Waals surface area contributed by atoms with E-state index in [1.807, 2.05) is 60.7 Å². The van der Waals surface area contributed by atoms with Crippen LogP contribution in [-0.4, -0.2) is 58.7 Å². The Morgan fingerprint density at radius 2 is 1.03 bits per heavy atom. The molecular formula is C28H32N2O6. The van der Waals surface area contributed by atoms with Gasteiger partial charge in [-0.05, 0) is 36.8 Å². The predicted molar refractivity (Wildman–Crippen MR) is 131 cm³/mol. The van der Waals surface area contributed by atoms with Gasteiger partial charge in [-0.3, -0.25) is 9.59 Å². The van der Waals surface area contributed by atoms with Crippen LogP contribution in [0.5, 0.6) is 0 Å². The van der Waals surface area contributed by atoms with Crippen molar-refractivity contribution in [1.29, 1.82) is 0 Å². The zero-order chi connectivity index (χ0) is 25.3. The fourth-order valence-electron chi connectivity index (χ4n) is 4.77. The second kappa shape index (κ2) is 12.3. The van der Waals surface area contributed by atoms with Gasteiger partial charge in [0.25, 0.3) is 0 Å². The van der Waals surface area contributed by atoms with Gasteiger partial charge in [-0.25, -0.2) is 9.59 Å². The van der Waals surface area contributed by atoms with Crippen molar-refractivity contribution >= 4 is 23.8 Å². The first-order valence-electron chi connectivity index (χ1n) is 12.5. The molecule has 8 heteroatoms. The number of ether oxygens (including phenoxy) is 2. The number of likely N-dealkylation sites (tertiary alicyclic amines) is 2. The number of carbonyl (C=O) groups is 4. The summed E-state index contributed by atoms with van der Waals surface area (Å²) in [6.45, 7) is 1.26. The van der Waals surface area contributed by atoms with Crippen LogP contribution in [0, 0.1) is 0 Å². The Labute approximate surface area is 211 Å². The van der Waals surface area contributed by atoms with Crippen LogP contribution in [0.3, 0.4) is 0 Å². The van der Waals surface area contributed by atoms with Crippen molar-refractivity contribution in [3.63, 3.8) is 0 Å². The molecule has 0 bridgehead atoms. The van der Waals surface area contributed by atoms with Crippen LogP contribution in [0.25, 0.3) is 0 Å². The van der Waals surface area contributed by atoms with E-state index in [1.54, 1.807) is 0 Å². The number of rotatable bonds is 9. The Bertz CT molecular complexity index is 973. The van der Waals surface area contributed by atoms with Crippen molar-refractivity contribution < 1.29 is 28.7 Å². The van der Waals surface area contributed by atoms with Crippen LogP contribution in [0.2, 0.25) is 0 Å². The third-order valence-corrected chi connectivity index (χ3v) is 6.69. The monoisotopic (exact) mass is 492 g/mol. The van der Waals surface area contributed by atoms with E-state index in [2.05, 4.69) is 0 Å². The van der Waals surface area contributed by atoms with Crippen molar-refractivity contribution in [3.05, 3.63) is 71.8 Å². The van der Waals surface area contributed by atoms with E-state index in [9.17, 15) is 19.2 Å². The summed E-state index contributed by atoms with van der Waals surface area (Å²) in [6.07, 6.45) is 2.51. The largest absolute Gasteiger partial charge is 0.459 e. The van der Waals surface area contributed by atoms with E-state index < -0.39 is 24.0 Å². The molecule has 0 aromatic heterocycles. The maximum atomic E-state index is 12.9. The number of amides is 2. The molecule has 2 unspecified atom stereocenters. The molecule has 2 saturated heterocycles. The van der Waals surface area contributed by atoms with Crippen LogP contribution in [0.4, 0.5) is 0 Å². The number of benzene rings is 2. The minimum absolute atomic E-state index is 0.0103. The van der Waals surface area contributed by atoms with Gasteiger partial charge in [0.1, 0.15) is 25.3 Å². The average molecular weight is 493 g/mol. The van der Waals surface area contributed by atoms with Crippen LogP contribution in [-0.2, 0) is 41.9 Å². The van der Waals surface area contributed by atoms with Gasteiger partial charge in [0, 0.05) is 25.9 Å². The van der Waals surface area contributed by atoms with Crippen LogP contribution in [0.1, 0.15) is 49.7 Å². The summed E-state index contributed by atoms with van der Waals surface area (Å²) in [5, 5.41) is 0. The number of nitrogens with zero attached hydrogens (tertiary/aromatic N) is 2. The highest BCUT2D eigenvalue weighted by molar-refractivity contribution is 5.90. The van der Waals surface area contributed by atoms with Gasteiger partial charge in [-0.2, -0.15) is 0 Å². The summed E-state index contributed by atoms with van der Waals surface area (Å²) >= 11 is 0. The van der Waals surface area contributed by atoms with Crippen molar-refractivity contribution in [3.8, 4) is 0 Å². The van der Waals surface area contributed by atoms with Gasteiger partial charge < -0.3 is 19.3 Å². The van der Waals surface area contributed by atoms with Crippen molar-refractivity contribution in [2.24, 2.45) is 0 Å². The topological polar surface area (TPSA) is 93.2 Å². The maximum absolute atomic E-state index is 12.9. The highest BCUT2D eigenvalue weighted by Crippen LogP contribution is 2.23. The smallest absolute Gasteiger partial charge is 0.329 e. The summed E-state index contributed by atoms with van der Waals surface area (Å²) in [4.78, 5) is 54.1. The molecule has 2 aromatic rings. The van der Waals surface area contributed by atoms with Gasteiger partial charge >= 0.3 is 11.9 Å². The Balaban J connectivity index is 1.24. The molecule has 0 spiro atoms. The molecule has 0 N–H and O–H groups in total. The molecular weight excluding hydrogens is 460 g/mol. The molecule has 36 heavy (non-hydrogen) atoms. The van der Waals surface area contributed by atoms with Crippen molar-refractivity contribution in [2.45, 2.75) is 63.8 Å². The zero-order valence-electron chi connectivity index (χ0n) is 20.3. The fraction of sp³-hybridized carbons (Fsp3) is 0.429. The molecule has 2 aromatic carbocycles. The first kappa shape index (κ1) is 25.4. The lowest BCUT2D eigenvalue weighted by atomic mass is 10.2. The van der Waals surface area contributed by atoms with E-state index in [4.69, 9.17) is 9.47 Å². The normalized spacial score (nSPS) is 19.2. The molecule has 8 nitrogen and oxygen atoms in total. The van der Waals surface area contributed by atoms with E-state index in [1.165, 1.54) is 9.80 Å². The zero-order valence-corrected chi connectivity index (χ0v) is 20.3. The van der Waals surface area contributed by atoms with Gasteiger partial charge in [0.05, 0.1) is 0 Å².